The Kier molecular flexibility index (Phi) is 3.74. The first-order chi connectivity index (χ1) is 6.54. The molecule has 0 aromatic rings. The Morgan fingerprint density at radius 1 is 1.43 bits per heavy atom. The van der Waals surface area contributed by atoms with Gasteiger partial charge in [-0.05, 0) is 23.7 Å². The highest BCUT2D eigenvalue weighted by Gasteiger charge is 2.40. The highest BCUT2D eigenvalue weighted by molar-refractivity contribution is 5.79. The van der Waals surface area contributed by atoms with Crippen LogP contribution >= 0.6 is 0 Å². The van der Waals surface area contributed by atoms with E-state index in [0.717, 1.165) is 25.2 Å². The predicted molar refractivity (Wildman–Crippen MR) is 60.2 cm³/mol. The van der Waals surface area contributed by atoms with E-state index in [4.69, 9.17) is 0 Å². The normalized spacial score (nSPS) is 33.8. The van der Waals surface area contributed by atoms with Crippen molar-refractivity contribution in [3.05, 3.63) is 0 Å². The molecule has 0 spiro atoms. The van der Waals surface area contributed by atoms with Crippen LogP contribution in [0.5, 0.6) is 0 Å². The summed E-state index contributed by atoms with van der Waals surface area (Å²) in [6.07, 6.45) is 5.25. The van der Waals surface area contributed by atoms with Crippen molar-refractivity contribution in [2.75, 3.05) is 0 Å². The minimum atomic E-state index is 0.414. The van der Waals surface area contributed by atoms with Gasteiger partial charge in [0.2, 0.25) is 0 Å². The van der Waals surface area contributed by atoms with E-state index >= 15 is 0 Å². The van der Waals surface area contributed by atoms with E-state index in [2.05, 4.69) is 27.7 Å². The standard InChI is InChI=1S/C13H24O/c1-5-11(6-2)13(4)8-7-12(14)9-10(13)3/h10-11H,5-9H2,1-4H3. The Balaban J connectivity index is 2.76. The third-order valence-electron chi connectivity index (χ3n) is 4.52. The fraction of sp³-hybridized carbons (Fsp3) is 0.923. The lowest BCUT2D eigenvalue weighted by Gasteiger charge is -2.45. The maximum absolute atomic E-state index is 11.4. The molecule has 0 saturated heterocycles. The highest BCUT2D eigenvalue weighted by atomic mass is 16.1. The lowest BCUT2D eigenvalue weighted by molar-refractivity contribution is -0.125. The Morgan fingerprint density at radius 2 is 2.00 bits per heavy atom. The molecule has 0 aromatic heterocycles. The molecule has 1 rings (SSSR count). The maximum atomic E-state index is 11.4. The molecule has 2 unspecified atom stereocenters. The lowest BCUT2D eigenvalue weighted by atomic mass is 9.60. The summed E-state index contributed by atoms with van der Waals surface area (Å²) in [7, 11) is 0. The van der Waals surface area contributed by atoms with E-state index in [1.165, 1.54) is 12.8 Å². The average Bonchev–Trinajstić information content (AvgIpc) is 2.14. The van der Waals surface area contributed by atoms with Crippen molar-refractivity contribution in [2.45, 2.75) is 59.8 Å². The van der Waals surface area contributed by atoms with Crippen molar-refractivity contribution < 1.29 is 4.79 Å². The van der Waals surface area contributed by atoms with Gasteiger partial charge in [0.25, 0.3) is 0 Å². The molecular formula is C13H24O. The van der Waals surface area contributed by atoms with E-state index < -0.39 is 0 Å². The largest absolute Gasteiger partial charge is 0.300 e. The summed E-state index contributed by atoms with van der Waals surface area (Å²) in [5.41, 5.74) is 0.414. The topological polar surface area (TPSA) is 17.1 Å². The van der Waals surface area contributed by atoms with E-state index in [1.807, 2.05) is 0 Å². The first-order valence-corrected chi connectivity index (χ1v) is 6.06. The molecule has 0 amide bonds. The van der Waals surface area contributed by atoms with Crippen LogP contribution in [0.2, 0.25) is 0 Å². The van der Waals surface area contributed by atoms with Crippen molar-refractivity contribution >= 4 is 5.78 Å². The molecule has 1 fully saturated rings. The van der Waals surface area contributed by atoms with Gasteiger partial charge in [-0.3, -0.25) is 4.79 Å². The van der Waals surface area contributed by atoms with Gasteiger partial charge in [-0.1, -0.05) is 40.5 Å². The van der Waals surface area contributed by atoms with Crippen molar-refractivity contribution in [3.63, 3.8) is 0 Å². The predicted octanol–water partition coefficient (Wildman–Crippen LogP) is 3.82. The summed E-state index contributed by atoms with van der Waals surface area (Å²) >= 11 is 0. The summed E-state index contributed by atoms with van der Waals surface area (Å²) in [6, 6.07) is 0. The molecule has 1 saturated carbocycles. The third kappa shape index (κ3) is 2.02. The quantitative estimate of drug-likeness (QED) is 0.670. The summed E-state index contributed by atoms with van der Waals surface area (Å²) < 4.78 is 0. The molecule has 1 nitrogen and oxygen atoms in total. The van der Waals surface area contributed by atoms with Crippen LogP contribution < -0.4 is 0 Å². The van der Waals surface area contributed by atoms with Crippen LogP contribution in [-0.2, 0) is 4.79 Å². The van der Waals surface area contributed by atoms with Gasteiger partial charge in [0.05, 0.1) is 0 Å². The number of rotatable bonds is 3. The van der Waals surface area contributed by atoms with Gasteiger partial charge >= 0.3 is 0 Å². The highest BCUT2D eigenvalue weighted by Crippen LogP contribution is 2.47. The van der Waals surface area contributed by atoms with Crippen LogP contribution in [0.15, 0.2) is 0 Å². The number of hydrogen-bond donors (Lipinski definition) is 0. The smallest absolute Gasteiger partial charge is 0.133 e. The maximum Gasteiger partial charge on any atom is 0.133 e. The van der Waals surface area contributed by atoms with E-state index in [0.29, 0.717) is 17.1 Å². The first-order valence-electron chi connectivity index (χ1n) is 6.06. The van der Waals surface area contributed by atoms with Crippen molar-refractivity contribution in [3.8, 4) is 0 Å². The number of carbonyl (C=O) groups is 1. The summed E-state index contributed by atoms with van der Waals surface area (Å²) in [5, 5.41) is 0. The molecule has 0 aromatic carbocycles. The molecule has 14 heavy (non-hydrogen) atoms. The zero-order valence-electron chi connectivity index (χ0n) is 10.1. The third-order valence-corrected chi connectivity index (χ3v) is 4.52. The molecule has 0 bridgehead atoms. The van der Waals surface area contributed by atoms with Crippen LogP contribution in [-0.4, -0.2) is 5.78 Å². The molecule has 0 aliphatic heterocycles. The Labute approximate surface area is 88.3 Å². The van der Waals surface area contributed by atoms with Crippen LogP contribution in [0.3, 0.4) is 0 Å². The van der Waals surface area contributed by atoms with Crippen LogP contribution in [0.4, 0.5) is 0 Å². The van der Waals surface area contributed by atoms with Crippen molar-refractivity contribution in [1.29, 1.82) is 0 Å². The van der Waals surface area contributed by atoms with Gasteiger partial charge < -0.3 is 0 Å². The van der Waals surface area contributed by atoms with E-state index in [9.17, 15) is 4.79 Å². The molecule has 82 valence electrons. The molecular weight excluding hydrogens is 172 g/mol. The number of carbonyl (C=O) groups excluding carboxylic acids is 1. The number of hydrogen-bond acceptors (Lipinski definition) is 1. The molecule has 0 N–H and O–H groups in total. The van der Waals surface area contributed by atoms with Crippen LogP contribution in [0.1, 0.15) is 59.8 Å². The van der Waals surface area contributed by atoms with Gasteiger partial charge in [0.1, 0.15) is 5.78 Å². The summed E-state index contributed by atoms with van der Waals surface area (Å²) in [5.74, 6) is 1.85. The number of ketones is 1. The lowest BCUT2D eigenvalue weighted by Crippen LogP contribution is -2.38. The Morgan fingerprint density at radius 3 is 2.43 bits per heavy atom. The van der Waals surface area contributed by atoms with E-state index in [-0.39, 0.29) is 0 Å². The van der Waals surface area contributed by atoms with Gasteiger partial charge in [-0.2, -0.15) is 0 Å². The molecule has 0 radical (unpaired) electrons. The average molecular weight is 196 g/mol. The Hall–Kier alpha value is -0.330. The zero-order valence-corrected chi connectivity index (χ0v) is 10.1. The first kappa shape index (κ1) is 11.7. The molecule has 1 heteroatoms. The van der Waals surface area contributed by atoms with Crippen molar-refractivity contribution in [1.82, 2.24) is 0 Å². The molecule has 0 heterocycles. The molecule has 2 atom stereocenters. The van der Waals surface area contributed by atoms with Gasteiger partial charge in [0, 0.05) is 12.8 Å². The summed E-state index contributed by atoms with van der Waals surface area (Å²) in [4.78, 5) is 11.4. The minimum Gasteiger partial charge on any atom is -0.300 e. The second-order valence-corrected chi connectivity index (χ2v) is 5.16. The summed E-state index contributed by atoms with van der Waals surface area (Å²) in [6.45, 7) is 9.21. The Bertz CT molecular complexity index is 205. The fourth-order valence-corrected chi connectivity index (χ4v) is 3.16. The second kappa shape index (κ2) is 4.46. The van der Waals surface area contributed by atoms with Crippen LogP contribution in [0, 0.1) is 17.3 Å². The fourth-order valence-electron chi connectivity index (χ4n) is 3.16. The van der Waals surface area contributed by atoms with Gasteiger partial charge in [0.15, 0.2) is 0 Å². The van der Waals surface area contributed by atoms with Gasteiger partial charge in [-0.25, -0.2) is 0 Å². The van der Waals surface area contributed by atoms with E-state index in [1.54, 1.807) is 0 Å². The SMILES string of the molecule is CCC(CC)C1(C)CCC(=O)CC1C. The molecule has 1 aliphatic rings. The van der Waals surface area contributed by atoms with Gasteiger partial charge in [-0.15, -0.1) is 0 Å². The van der Waals surface area contributed by atoms with Crippen molar-refractivity contribution in [2.24, 2.45) is 17.3 Å². The molecule has 1 aliphatic carbocycles. The minimum absolute atomic E-state index is 0.414. The second-order valence-electron chi connectivity index (χ2n) is 5.16. The zero-order chi connectivity index (χ0) is 10.8. The van der Waals surface area contributed by atoms with Crippen LogP contribution in [0.25, 0.3) is 0 Å². The number of Topliss-reactive ketones (excluding diaryl/α,β-unsaturated/α-hetero) is 1. The monoisotopic (exact) mass is 196 g/mol.